The minimum Gasteiger partial charge on any atom is -0.474 e. The summed E-state index contributed by atoms with van der Waals surface area (Å²) in [5.41, 5.74) is -2.24. The van der Waals surface area contributed by atoms with Crippen molar-refractivity contribution in [1.29, 1.82) is 0 Å². The van der Waals surface area contributed by atoms with Crippen LogP contribution >= 0.6 is 7.37 Å². The van der Waals surface area contributed by atoms with Gasteiger partial charge in [0.05, 0.1) is 0 Å². The Morgan fingerprint density at radius 2 is 2.10 bits per heavy atom. The molecule has 0 rings (SSSR count). The third kappa shape index (κ3) is 1.82. The summed E-state index contributed by atoms with van der Waals surface area (Å²) in [6.45, 7) is 3.13. The number of hydrogen-bond acceptors (Lipinski definition) is 2. The summed E-state index contributed by atoms with van der Waals surface area (Å²) in [6, 6.07) is 0. The van der Waals surface area contributed by atoms with Crippen LogP contribution in [0, 0.1) is 0 Å². The highest BCUT2D eigenvalue weighted by molar-refractivity contribution is 7.75. The molecule has 2 N–H and O–H groups in total. The molecule has 0 aromatic rings. The first-order valence-corrected chi connectivity index (χ1v) is 4.71. The van der Waals surface area contributed by atoms with Crippen LogP contribution in [0.2, 0.25) is 0 Å². The summed E-state index contributed by atoms with van der Waals surface area (Å²) < 4.78 is 10.8. The molecule has 4 nitrogen and oxygen atoms in total. The fraction of sp³-hybridized carbons (Fsp3) is 0.800. The second-order valence-electron chi connectivity index (χ2n) is 2.16. The monoisotopic (exact) mass is 166 g/mol. The average molecular weight is 166 g/mol. The van der Waals surface area contributed by atoms with Crippen molar-refractivity contribution >= 4 is 13.1 Å². The highest BCUT2D eigenvalue weighted by Crippen LogP contribution is 2.47. The van der Waals surface area contributed by atoms with Crippen LogP contribution in [0.15, 0.2) is 0 Å². The molecule has 0 aromatic carbocycles. The summed E-state index contributed by atoms with van der Waals surface area (Å²) in [4.78, 5) is 18.9. The summed E-state index contributed by atoms with van der Waals surface area (Å²) >= 11 is 0. The molecule has 0 radical (unpaired) electrons. The molecule has 2 unspecified atom stereocenters. The van der Waals surface area contributed by atoms with Crippen LogP contribution < -0.4 is 0 Å². The molecular weight excluding hydrogens is 155 g/mol. The van der Waals surface area contributed by atoms with Crippen molar-refractivity contribution in [1.82, 2.24) is 0 Å². The Morgan fingerprint density at radius 1 is 1.70 bits per heavy atom. The second kappa shape index (κ2) is 3.17. The van der Waals surface area contributed by atoms with Crippen LogP contribution in [0.25, 0.3) is 0 Å². The van der Waals surface area contributed by atoms with E-state index in [1.54, 1.807) is 6.92 Å². The molecule has 0 saturated heterocycles. The molecule has 0 saturated carbocycles. The average Bonchev–Trinajstić information content (AvgIpc) is 1.86. The second-order valence-corrected chi connectivity index (χ2v) is 4.67. The van der Waals surface area contributed by atoms with E-state index in [4.69, 9.17) is 10.00 Å². The van der Waals surface area contributed by atoms with E-state index in [0.29, 0.717) is 6.42 Å². The Balaban J connectivity index is 4.41. The lowest BCUT2D eigenvalue weighted by molar-refractivity contribution is 0.214. The molecule has 5 heteroatoms. The predicted molar refractivity (Wildman–Crippen MR) is 37.6 cm³/mol. The van der Waals surface area contributed by atoms with Gasteiger partial charge in [0, 0.05) is 5.66 Å². The first-order valence-electron chi connectivity index (χ1n) is 2.98. The number of rotatable bonds is 3. The summed E-state index contributed by atoms with van der Waals surface area (Å²) in [6.07, 6.45) is 0.403. The SMILES string of the molecule is CCC(C)P(=O)(O)C(=O)O. The van der Waals surface area contributed by atoms with Gasteiger partial charge in [0.25, 0.3) is 0 Å². The van der Waals surface area contributed by atoms with E-state index in [-0.39, 0.29) is 0 Å². The van der Waals surface area contributed by atoms with Crippen molar-refractivity contribution < 1.29 is 19.4 Å². The van der Waals surface area contributed by atoms with Crippen LogP contribution in [-0.2, 0) is 4.57 Å². The van der Waals surface area contributed by atoms with Crippen molar-refractivity contribution in [2.75, 3.05) is 0 Å². The first kappa shape index (κ1) is 9.66. The maximum Gasteiger partial charge on any atom is 0.389 e. The van der Waals surface area contributed by atoms with E-state index in [9.17, 15) is 9.36 Å². The van der Waals surface area contributed by atoms with Gasteiger partial charge in [-0.05, 0) is 6.42 Å². The first-order chi connectivity index (χ1) is 4.42. The summed E-state index contributed by atoms with van der Waals surface area (Å²) in [7, 11) is -3.94. The lowest BCUT2D eigenvalue weighted by Crippen LogP contribution is -2.08. The van der Waals surface area contributed by atoms with Crippen molar-refractivity contribution in [3.8, 4) is 0 Å². The van der Waals surface area contributed by atoms with Gasteiger partial charge in [-0.25, -0.2) is 4.79 Å². The highest BCUT2D eigenvalue weighted by atomic mass is 31.2. The standard InChI is InChI=1S/C5H11O4P/c1-3-4(2)10(8,9)5(6)7/h4H,3H2,1-2H3,(H,6,7)(H,8,9). The van der Waals surface area contributed by atoms with Gasteiger partial charge >= 0.3 is 13.1 Å². The van der Waals surface area contributed by atoms with E-state index in [1.165, 1.54) is 6.92 Å². The molecule has 10 heavy (non-hydrogen) atoms. The number of carbonyl (C=O) groups is 1. The van der Waals surface area contributed by atoms with E-state index in [2.05, 4.69) is 0 Å². The van der Waals surface area contributed by atoms with Crippen LogP contribution in [0.5, 0.6) is 0 Å². The van der Waals surface area contributed by atoms with Crippen LogP contribution in [-0.4, -0.2) is 21.4 Å². The minimum absolute atomic E-state index is 0.403. The molecule has 0 amide bonds. The Kier molecular flexibility index (Phi) is 3.06. The lowest BCUT2D eigenvalue weighted by Gasteiger charge is -2.11. The van der Waals surface area contributed by atoms with Crippen molar-refractivity contribution in [2.45, 2.75) is 25.9 Å². The van der Waals surface area contributed by atoms with Crippen LogP contribution in [0.3, 0.4) is 0 Å². The Bertz CT molecular complexity index is 176. The van der Waals surface area contributed by atoms with Gasteiger partial charge in [-0.3, -0.25) is 4.57 Å². The molecule has 0 spiro atoms. The highest BCUT2D eigenvalue weighted by Gasteiger charge is 2.33. The van der Waals surface area contributed by atoms with E-state index < -0.39 is 18.7 Å². The maximum absolute atomic E-state index is 10.8. The molecule has 0 aliphatic carbocycles. The smallest absolute Gasteiger partial charge is 0.389 e. The number of carboxylic acid groups (broad SMARTS) is 1. The quantitative estimate of drug-likeness (QED) is 0.626. The number of hydrogen-bond donors (Lipinski definition) is 2. The zero-order valence-corrected chi connectivity index (χ0v) is 6.84. The zero-order chi connectivity index (χ0) is 8.36. The molecule has 0 aromatic heterocycles. The fourth-order valence-electron chi connectivity index (χ4n) is 0.436. The van der Waals surface area contributed by atoms with Crippen LogP contribution in [0.4, 0.5) is 4.79 Å². The Labute approximate surface area is 59.3 Å². The topological polar surface area (TPSA) is 74.6 Å². The maximum atomic E-state index is 10.8. The van der Waals surface area contributed by atoms with E-state index >= 15 is 0 Å². The third-order valence-electron chi connectivity index (χ3n) is 1.46. The summed E-state index contributed by atoms with van der Waals surface area (Å²) in [5, 5.41) is 8.23. The molecular formula is C5H11O4P. The molecule has 2 atom stereocenters. The van der Waals surface area contributed by atoms with E-state index in [1.807, 2.05) is 0 Å². The minimum atomic E-state index is -3.94. The van der Waals surface area contributed by atoms with Gasteiger partial charge in [-0.15, -0.1) is 0 Å². The van der Waals surface area contributed by atoms with Gasteiger partial charge in [0.2, 0.25) is 0 Å². The molecule has 0 heterocycles. The Hall–Kier alpha value is -0.340. The van der Waals surface area contributed by atoms with Crippen molar-refractivity contribution in [2.24, 2.45) is 0 Å². The van der Waals surface area contributed by atoms with Gasteiger partial charge in [0.15, 0.2) is 0 Å². The zero-order valence-electron chi connectivity index (χ0n) is 5.94. The molecule has 60 valence electrons. The van der Waals surface area contributed by atoms with Gasteiger partial charge < -0.3 is 10.00 Å². The summed E-state index contributed by atoms with van der Waals surface area (Å²) in [5.74, 6) is 0. The molecule has 0 aliphatic rings. The molecule has 0 fully saturated rings. The lowest BCUT2D eigenvalue weighted by atomic mass is 10.4. The fourth-order valence-corrected chi connectivity index (χ4v) is 1.31. The largest absolute Gasteiger partial charge is 0.474 e. The van der Waals surface area contributed by atoms with E-state index in [0.717, 1.165) is 0 Å². The normalized spacial score (nSPS) is 19.5. The van der Waals surface area contributed by atoms with Gasteiger partial charge in [0.1, 0.15) is 0 Å². The van der Waals surface area contributed by atoms with Gasteiger partial charge in [-0.2, -0.15) is 0 Å². The molecule has 0 bridgehead atoms. The van der Waals surface area contributed by atoms with Gasteiger partial charge in [-0.1, -0.05) is 13.8 Å². The van der Waals surface area contributed by atoms with Crippen LogP contribution in [0.1, 0.15) is 20.3 Å². The molecule has 0 aliphatic heterocycles. The van der Waals surface area contributed by atoms with Crippen molar-refractivity contribution in [3.05, 3.63) is 0 Å². The third-order valence-corrected chi connectivity index (χ3v) is 3.57. The Morgan fingerprint density at radius 3 is 2.20 bits per heavy atom. The predicted octanol–water partition coefficient (Wildman–Crippen LogP) is 1.73. The van der Waals surface area contributed by atoms with Crippen molar-refractivity contribution in [3.63, 3.8) is 0 Å².